The molecule has 0 unspecified atom stereocenters. The number of nitrogens with two attached hydrogens (primary N) is 1. The molecule has 5 nitrogen and oxygen atoms in total. The third kappa shape index (κ3) is 4.12. The zero-order valence-corrected chi connectivity index (χ0v) is 9.36. The van der Waals surface area contributed by atoms with Crippen LogP contribution in [-0.2, 0) is 4.74 Å². The number of rotatable bonds is 5. The molecule has 0 saturated carbocycles. The highest BCUT2D eigenvalue weighted by Gasteiger charge is 2.16. The third-order valence-corrected chi connectivity index (χ3v) is 2.14. The molecule has 0 aliphatic rings. The SMILES string of the molecule is COC(C)(C)CCOc1cncc(N)n1. The molecule has 1 aromatic heterocycles. The summed E-state index contributed by atoms with van der Waals surface area (Å²) < 4.78 is 10.6. The summed E-state index contributed by atoms with van der Waals surface area (Å²) >= 11 is 0. The number of nitrogen functional groups attached to an aromatic ring is 1. The fourth-order valence-corrected chi connectivity index (χ4v) is 0.935. The van der Waals surface area contributed by atoms with Crippen molar-refractivity contribution < 1.29 is 9.47 Å². The molecule has 15 heavy (non-hydrogen) atoms. The molecule has 1 heterocycles. The highest BCUT2D eigenvalue weighted by molar-refractivity contribution is 5.25. The number of hydrogen-bond donors (Lipinski definition) is 1. The van der Waals surface area contributed by atoms with Crippen LogP contribution >= 0.6 is 0 Å². The van der Waals surface area contributed by atoms with Crippen molar-refractivity contribution in [3.63, 3.8) is 0 Å². The second-order valence-electron chi connectivity index (χ2n) is 3.84. The summed E-state index contributed by atoms with van der Waals surface area (Å²) in [5.74, 6) is 0.806. The molecule has 0 aliphatic heterocycles. The van der Waals surface area contributed by atoms with E-state index in [9.17, 15) is 0 Å². The molecule has 1 rings (SSSR count). The van der Waals surface area contributed by atoms with E-state index in [1.165, 1.54) is 12.4 Å². The first-order chi connectivity index (χ1) is 7.03. The van der Waals surface area contributed by atoms with Crippen LogP contribution in [0.3, 0.4) is 0 Å². The lowest BCUT2D eigenvalue weighted by Crippen LogP contribution is -2.25. The quantitative estimate of drug-likeness (QED) is 0.793. The van der Waals surface area contributed by atoms with E-state index in [-0.39, 0.29) is 5.60 Å². The predicted octanol–water partition coefficient (Wildman–Crippen LogP) is 1.25. The Hall–Kier alpha value is -1.36. The highest BCUT2D eigenvalue weighted by Crippen LogP contribution is 2.14. The minimum Gasteiger partial charge on any atom is -0.476 e. The van der Waals surface area contributed by atoms with E-state index in [1.807, 2.05) is 13.8 Å². The molecule has 0 atom stereocenters. The van der Waals surface area contributed by atoms with Gasteiger partial charge in [-0.15, -0.1) is 0 Å². The Labute approximate surface area is 89.6 Å². The maximum Gasteiger partial charge on any atom is 0.234 e. The normalized spacial score (nSPS) is 11.4. The summed E-state index contributed by atoms with van der Waals surface area (Å²) in [5, 5.41) is 0. The van der Waals surface area contributed by atoms with E-state index in [1.54, 1.807) is 7.11 Å². The average Bonchev–Trinajstić information content (AvgIpc) is 2.18. The summed E-state index contributed by atoms with van der Waals surface area (Å²) in [7, 11) is 1.68. The summed E-state index contributed by atoms with van der Waals surface area (Å²) in [6.45, 7) is 4.53. The summed E-state index contributed by atoms with van der Waals surface area (Å²) in [4.78, 5) is 7.85. The topological polar surface area (TPSA) is 70.3 Å². The van der Waals surface area contributed by atoms with Gasteiger partial charge in [0.1, 0.15) is 5.82 Å². The molecular formula is C10H17N3O2. The molecule has 0 bridgehead atoms. The largest absolute Gasteiger partial charge is 0.476 e. The van der Waals surface area contributed by atoms with Gasteiger partial charge in [0.25, 0.3) is 0 Å². The minimum absolute atomic E-state index is 0.187. The maximum absolute atomic E-state index is 5.46. The minimum atomic E-state index is -0.187. The van der Waals surface area contributed by atoms with Gasteiger partial charge < -0.3 is 15.2 Å². The van der Waals surface area contributed by atoms with Crippen LogP contribution in [0.4, 0.5) is 5.82 Å². The maximum atomic E-state index is 5.46. The first kappa shape index (κ1) is 11.7. The van der Waals surface area contributed by atoms with Gasteiger partial charge >= 0.3 is 0 Å². The van der Waals surface area contributed by atoms with Crippen LogP contribution in [0, 0.1) is 0 Å². The molecular weight excluding hydrogens is 194 g/mol. The molecule has 0 aliphatic carbocycles. The van der Waals surface area contributed by atoms with Crippen molar-refractivity contribution in [3.8, 4) is 5.88 Å². The number of nitrogens with zero attached hydrogens (tertiary/aromatic N) is 2. The van der Waals surface area contributed by atoms with Crippen molar-refractivity contribution in [1.82, 2.24) is 9.97 Å². The van der Waals surface area contributed by atoms with Crippen molar-refractivity contribution in [1.29, 1.82) is 0 Å². The van der Waals surface area contributed by atoms with Gasteiger partial charge in [0, 0.05) is 13.5 Å². The lowest BCUT2D eigenvalue weighted by Gasteiger charge is -2.22. The number of methoxy groups -OCH3 is 1. The predicted molar refractivity (Wildman–Crippen MR) is 57.6 cm³/mol. The summed E-state index contributed by atoms with van der Waals surface area (Å²) in [6.07, 6.45) is 3.79. The van der Waals surface area contributed by atoms with E-state index in [4.69, 9.17) is 15.2 Å². The fraction of sp³-hybridized carbons (Fsp3) is 0.600. The zero-order chi connectivity index (χ0) is 11.3. The number of aromatic nitrogens is 2. The fourth-order valence-electron chi connectivity index (χ4n) is 0.935. The Balaban J connectivity index is 2.38. The van der Waals surface area contributed by atoms with E-state index < -0.39 is 0 Å². The van der Waals surface area contributed by atoms with Crippen molar-refractivity contribution >= 4 is 5.82 Å². The van der Waals surface area contributed by atoms with Crippen LogP contribution in [0.5, 0.6) is 5.88 Å². The van der Waals surface area contributed by atoms with Gasteiger partial charge in [-0.3, -0.25) is 4.98 Å². The molecule has 0 aromatic carbocycles. The van der Waals surface area contributed by atoms with E-state index in [2.05, 4.69) is 9.97 Å². The molecule has 0 amide bonds. The Morgan fingerprint density at radius 3 is 2.73 bits per heavy atom. The Morgan fingerprint density at radius 2 is 2.13 bits per heavy atom. The standard InChI is InChI=1S/C10H17N3O2/c1-10(2,14-3)4-5-15-9-7-12-6-8(11)13-9/h6-7H,4-5H2,1-3H3,(H2,11,13). The average molecular weight is 211 g/mol. The third-order valence-electron chi connectivity index (χ3n) is 2.14. The van der Waals surface area contributed by atoms with Gasteiger partial charge in [-0.05, 0) is 13.8 Å². The van der Waals surface area contributed by atoms with Gasteiger partial charge in [0.2, 0.25) is 5.88 Å². The van der Waals surface area contributed by atoms with E-state index in [0.29, 0.717) is 18.3 Å². The molecule has 5 heteroatoms. The van der Waals surface area contributed by atoms with Crippen LogP contribution in [0.2, 0.25) is 0 Å². The van der Waals surface area contributed by atoms with Crippen LogP contribution in [0.15, 0.2) is 12.4 Å². The van der Waals surface area contributed by atoms with Gasteiger partial charge in [0.15, 0.2) is 0 Å². The van der Waals surface area contributed by atoms with E-state index >= 15 is 0 Å². The smallest absolute Gasteiger partial charge is 0.234 e. The second-order valence-corrected chi connectivity index (χ2v) is 3.84. The molecule has 1 aromatic rings. The molecule has 0 saturated heterocycles. The van der Waals surface area contributed by atoms with E-state index in [0.717, 1.165) is 6.42 Å². The van der Waals surface area contributed by atoms with Crippen molar-refractivity contribution in [2.75, 3.05) is 19.5 Å². The molecule has 84 valence electrons. The van der Waals surface area contributed by atoms with Gasteiger partial charge in [-0.1, -0.05) is 0 Å². The molecule has 0 fully saturated rings. The molecule has 0 radical (unpaired) electrons. The van der Waals surface area contributed by atoms with Gasteiger partial charge in [-0.25, -0.2) is 0 Å². The lowest BCUT2D eigenvalue weighted by molar-refractivity contribution is 0.00507. The van der Waals surface area contributed by atoms with Crippen LogP contribution in [0.25, 0.3) is 0 Å². The zero-order valence-electron chi connectivity index (χ0n) is 9.36. The van der Waals surface area contributed by atoms with Crippen molar-refractivity contribution in [2.45, 2.75) is 25.9 Å². The Bertz CT molecular complexity index is 315. The second kappa shape index (κ2) is 4.93. The molecule has 0 spiro atoms. The van der Waals surface area contributed by atoms with Crippen molar-refractivity contribution in [3.05, 3.63) is 12.4 Å². The highest BCUT2D eigenvalue weighted by atomic mass is 16.5. The number of ether oxygens (including phenoxy) is 2. The van der Waals surface area contributed by atoms with Crippen LogP contribution < -0.4 is 10.5 Å². The summed E-state index contributed by atoms with van der Waals surface area (Å²) in [6, 6.07) is 0. The van der Waals surface area contributed by atoms with Crippen molar-refractivity contribution in [2.24, 2.45) is 0 Å². The Kier molecular flexibility index (Phi) is 3.85. The van der Waals surface area contributed by atoms with Gasteiger partial charge in [-0.2, -0.15) is 4.98 Å². The first-order valence-corrected chi connectivity index (χ1v) is 4.79. The number of hydrogen-bond acceptors (Lipinski definition) is 5. The molecule has 2 N–H and O–H groups in total. The number of anilines is 1. The lowest BCUT2D eigenvalue weighted by atomic mass is 10.1. The first-order valence-electron chi connectivity index (χ1n) is 4.79. The van der Waals surface area contributed by atoms with Crippen LogP contribution in [-0.4, -0.2) is 29.3 Å². The summed E-state index contributed by atoms with van der Waals surface area (Å²) in [5.41, 5.74) is 5.28. The Morgan fingerprint density at radius 1 is 1.40 bits per heavy atom. The monoisotopic (exact) mass is 211 g/mol. The van der Waals surface area contributed by atoms with Gasteiger partial charge in [0.05, 0.1) is 24.6 Å². The van der Waals surface area contributed by atoms with Crippen LogP contribution in [0.1, 0.15) is 20.3 Å².